The topological polar surface area (TPSA) is 91.8 Å². The lowest BCUT2D eigenvalue weighted by Crippen LogP contribution is -2.37. The number of aliphatic imine (C=N–C) groups is 1. The summed E-state index contributed by atoms with van der Waals surface area (Å²) in [5.74, 6) is 1.93. The molecule has 2 aromatic rings. The Bertz CT molecular complexity index is 912. The highest BCUT2D eigenvalue weighted by atomic mass is 32.2. The lowest BCUT2D eigenvalue weighted by Gasteiger charge is -2.16. The molecule has 0 amide bonds. The summed E-state index contributed by atoms with van der Waals surface area (Å²) >= 11 is 0. The first kappa shape index (κ1) is 22.7. The van der Waals surface area contributed by atoms with E-state index in [9.17, 15) is 8.42 Å². The minimum absolute atomic E-state index is 0.246. The number of hydrogen-bond donors (Lipinski definition) is 3. The van der Waals surface area contributed by atoms with Crippen LogP contribution in [-0.4, -0.2) is 42.1 Å². The summed E-state index contributed by atoms with van der Waals surface area (Å²) in [4.78, 5) is 4.48. The SMILES string of the molecule is CN=C(NCCC(C)c1ccc(OC)cc1)NCc1cccc(S(=O)(=O)NC)c1. The van der Waals surface area contributed by atoms with Crippen LogP contribution in [0.5, 0.6) is 5.75 Å². The number of nitrogens with one attached hydrogen (secondary N) is 3. The molecule has 0 fully saturated rings. The zero-order valence-electron chi connectivity index (χ0n) is 17.4. The second-order valence-electron chi connectivity index (χ2n) is 6.67. The van der Waals surface area contributed by atoms with Crippen LogP contribution in [0, 0.1) is 0 Å². The molecule has 2 rings (SSSR count). The fourth-order valence-electron chi connectivity index (χ4n) is 2.85. The lowest BCUT2D eigenvalue weighted by molar-refractivity contribution is 0.414. The second-order valence-corrected chi connectivity index (χ2v) is 8.56. The third kappa shape index (κ3) is 6.76. The summed E-state index contributed by atoms with van der Waals surface area (Å²) in [5.41, 5.74) is 2.12. The van der Waals surface area contributed by atoms with Gasteiger partial charge >= 0.3 is 0 Å². The van der Waals surface area contributed by atoms with Crippen molar-refractivity contribution in [2.45, 2.75) is 30.7 Å². The van der Waals surface area contributed by atoms with Crippen molar-refractivity contribution in [3.63, 3.8) is 0 Å². The monoisotopic (exact) mass is 418 g/mol. The van der Waals surface area contributed by atoms with Crippen LogP contribution in [0.3, 0.4) is 0 Å². The third-order valence-electron chi connectivity index (χ3n) is 4.72. The molecule has 158 valence electrons. The molecule has 2 aromatic carbocycles. The van der Waals surface area contributed by atoms with Gasteiger partial charge in [0.25, 0.3) is 0 Å². The van der Waals surface area contributed by atoms with Crippen molar-refractivity contribution in [2.75, 3.05) is 27.7 Å². The highest BCUT2D eigenvalue weighted by Gasteiger charge is 2.11. The number of benzene rings is 2. The van der Waals surface area contributed by atoms with E-state index in [-0.39, 0.29) is 4.90 Å². The minimum Gasteiger partial charge on any atom is -0.497 e. The summed E-state index contributed by atoms with van der Waals surface area (Å²) in [7, 11) is 1.33. The predicted octanol–water partition coefficient (Wildman–Crippen LogP) is 2.46. The van der Waals surface area contributed by atoms with Crippen molar-refractivity contribution in [1.29, 1.82) is 0 Å². The first-order valence-electron chi connectivity index (χ1n) is 9.50. The summed E-state index contributed by atoms with van der Waals surface area (Å²) < 4.78 is 31.4. The van der Waals surface area contributed by atoms with Gasteiger partial charge in [-0.3, -0.25) is 4.99 Å². The Morgan fingerprint density at radius 1 is 1.14 bits per heavy atom. The predicted molar refractivity (Wildman–Crippen MR) is 117 cm³/mol. The average Bonchev–Trinajstić information content (AvgIpc) is 2.76. The maximum atomic E-state index is 11.9. The van der Waals surface area contributed by atoms with E-state index in [4.69, 9.17) is 4.74 Å². The largest absolute Gasteiger partial charge is 0.497 e. The molecule has 0 aromatic heterocycles. The average molecular weight is 419 g/mol. The number of ether oxygens (including phenoxy) is 1. The van der Waals surface area contributed by atoms with E-state index in [1.165, 1.54) is 12.6 Å². The molecule has 1 unspecified atom stereocenters. The normalized spacial score (nSPS) is 13.0. The molecular formula is C21H30N4O3S. The van der Waals surface area contributed by atoms with Crippen molar-refractivity contribution < 1.29 is 13.2 Å². The van der Waals surface area contributed by atoms with Crippen LogP contribution in [-0.2, 0) is 16.6 Å². The smallest absolute Gasteiger partial charge is 0.240 e. The maximum Gasteiger partial charge on any atom is 0.240 e. The molecule has 29 heavy (non-hydrogen) atoms. The van der Waals surface area contributed by atoms with E-state index in [0.29, 0.717) is 18.4 Å². The number of guanidine groups is 1. The summed E-state index contributed by atoms with van der Waals surface area (Å²) in [5, 5.41) is 6.52. The van der Waals surface area contributed by atoms with E-state index in [0.717, 1.165) is 24.3 Å². The molecule has 7 nitrogen and oxygen atoms in total. The first-order chi connectivity index (χ1) is 13.9. The first-order valence-corrected chi connectivity index (χ1v) is 11.0. The van der Waals surface area contributed by atoms with E-state index in [2.05, 4.69) is 39.4 Å². The Morgan fingerprint density at radius 2 is 1.86 bits per heavy atom. The highest BCUT2D eigenvalue weighted by Crippen LogP contribution is 2.21. The van der Waals surface area contributed by atoms with Gasteiger partial charge in [0.15, 0.2) is 5.96 Å². The lowest BCUT2D eigenvalue weighted by atomic mass is 9.98. The number of rotatable bonds is 9. The zero-order chi connectivity index (χ0) is 21.3. The van der Waals surface area contributed by atoms with E-state index < -0.39 is 10.0 Å². The summed E-state index contributed by atoms with van der Waals surface area (Å²) in [6, 6.07) is 14.9. The molecule has 0 aliphatic carbocycles. The van der Waals surface area contributed by atoms with Gasteiger partial charge in [0.1, 0.15) is 5.75 Å². The van der Waals surface area contributed by atoms with E-state index in [1.54, 1.807) is 32.4 Å². The van der Waals surface area contributed by atoms with Gasteiger partial charge in [-0.15, -0.1) is 0 Å². The molecule has 8 heteroatoms. The molecule has 0 bridgehead atoms. The Hall–Kier alpha value is -2.58. The van der Waals surface area contributed by atoms with Gasteiger partial charge in [-0.2, -0.15) is 0 Å². The van der Waals surface area contributed by atoms with Crippen molar-refractivity contribution in [1.82, 2.24) is 15.4 Å². The number of nitrogens with zero attached hydrogens (tertiary/aromatic N) is 1. The molecule has 0 aliphatic rings. The van der Waals surface area contributed by atoms with Gasteiger partial charge in [0, 0.05) is 20.1 Å². The van der Waals surface area contributed by atoms with Gasteiger partial charge in [-0.25, -0.2) is 13.1 Å². The molecule has 0 spiro atoms. The molecule has 0 saturated carbocycles. The van der Waals surface area contributed by atoms with Crippen LogP contribution in [0.2, 0.25) is 0 Å². The fraction of sp³-hybridized carbons (Fsp3) is 0.381. The molecule has 3 N–H and O–H groups in total. The van der Waals surface area contributed by atoms with Crippen molar-refractivity contribution in [3.05, 3.63) is 59.7 Å². The Balaban J connectivity index is 1.84. The molecule has 0 heterocycles. The Morgan fingerprint density at radius 3 is 2.48 bits per heavy atom. The standard InChI is InChI=1S/C21H30N4O3S/c1-16(18-8-10-19(28-4)11-9-18)12-13-24-21(22-2)25-15-17-6-5-7-20(14-17)29(26,27)23-3/h5-11,14,16,23H,12-13,15H2,1-4H3,(H2,22,24,25). The minimum atomic E-state index is -3.45. The van der Waals surface area contributed by atoms with Gasteiger partial charge in [-0.1, -0.05) is 31.2 Å². The molecule has 0 aliphatic heterocycles. The second kappa shape index (κ2) is 10.8. The van der Waals surface area contributed by atoms with Crippen molar-refractivity contribution in [3.8, 4) is 5.75 Å². The number of sulfonamides is 1. The Kier molecular flexibility index (Phi) is 8.48. The quantitative estimate of drug-likeness (QED) is 0.430. The summed E-state index contributed by atoms with van der Waals surface area (Å²) in [6.07, 6.45) is 0.947. The zero-order valence-corrected chi connectivity index (χ0v) is 18.2. The third-order valence-corrected chi connectivity index (χ3v) is 6.13. The molecular weight excluding hydrogens is 388 g/mol. The van der Waals surface area contributed by atoms with Crippen LogP contribution in [0.15, 0.2) is 58.4 Å². The summed E-state index contributed by atoms with van der Waals surface area (Å²) in [6.45, 7) is 3.43. The van der Waals surface area contributed by atoms with Gasteiger partial charge in [0.2, 0.25) is 10.0 Å². The van der Waals surface area contributed by atoms with Crippen LogP contribution < -0.4 is 20.1 Å². The number of methoxy groups -OCH3 is 1. The molecule has 0 radical (unpaired) electrons. The van der Waals surface area contributed by atoms with Gasteiger partial charge in [-0.05, 0) is 54.8 Å². The van der Waals surface area contributed by atoms with Crippen LogP contribution in [0.25, 0.3) is 0 Å². The van der Waals surface area contributed by atoms with E-state index >= 15 is 0 Å². The van der Waals surface area contributed by atoms with Crippen molar-refractivity contribution in [2.24, 2.45) is 4.99 Å². The van der Waals surface area contributed by atoms with Crippen LogP contribution in [0.4, 0.5) is 0 Å². The van der Waals surface area contributed by atoms with Crippen LogP contribution in [0.1, 0.15) is 30.4 Å². The van der Waals surface area contributed by atoms with Gasteiger partial charge < -0.3 is 15.4 Å². The van der Waals surface area contributed by atoms with E-state index in [1.807, 2.05) is 18.2 Å². The molecule has 1 atom stereocenters. The fourth-order valence-corrected chi connectivity index (χ4v) is 3.65. The van der Waals surface area contributed by atoms with Gasteiger partial charge in [0.05, 0.1) is 12.0 Å². The maximum absolute atomic E-state index is 11.9. The number of hydrogen-bond acceptors (Lipinski definition) is 4. The van der Waals surface area contributed by atoms with Crippen LogP contribution >= 0.6 is 0 Å². The highest BCUT2D eigenvalue weighted by molar-refractivity contribution is 7.89. The Labute approximate surface area is 173 Å². The molecule has 0 saturated heterocycles. The van der Waals surface area contributed by atoms with Crippen molar-refractivity contribution >= 4 is 16.0 Å².